The molecule has 6 nitrogen and oxygen atoms in total. The van der Waals surface area contributed by atoms with Crippen LogP contribution in [0.25, 0.3) is 11.3 Å². The van der Waals surface area contributed by atoms with Crippen LogP contribution in [0.4, 0.5) is 0 Å². The Hall–Kier alpha value is -2.99. The molecule has 1 fully saturated rings. The molecule has 0 bridgehead atoms. The third-order valence-electron chi connectivity index (χ3n) is 5.47. The first-order valence-corrected chi connectivity index (χ1v) is 9.60. The second-order valence-corrected chi connectivity index (χ2v) is 7.38. The topological polar surface area (TPSA) is 71.2 Å². The minimum Gasteiger partial charge on any atom is -0.478 e. The number of pyridine rings is 1. The van der Waals surface area contributed by atoms with Crippen molar-refractivity contribution in [3.05, 3.63) is 71.7 Å². The quantitative estimate of drug-likeness (QED) is 0.738. The van der Waals surface area contributed by atoms with Gasteiger partial charge in [-0.15, -0.1) is 0 Å². The van der Waals surface area contributed by atoms with Crippen molar-refractivity contribution in [2.45, 2.75) is 25.3 Å². The molecule has 1 saturated heterocycles. The van der Waals surface area contributed by atoms with E-state index in [1.54, 1.807) is 12.3 Å². The van der Waals surface area contributed by atoms with Gasteiger partial charge in [0.25, 0.3) is 0 Å². The average molecular weight is 376 g/mol. The molecular weight excluding hydrogens is 352 g/mol. The van der Waals surface area contributed by atoms with E-state index in [0.29, 0.717) is 23.6 Å². The Bertz CT molecular complexity index is 960. The molecule has 144 valence electrons. The molecule has 0 unspecified atom stereocenters. The summed E-state index contributed by atoms with van der Waals surface area (Å²) in [4.78, 5) is 18.1. The van der Waals surface area contributed by atoms with E-state index in [-0.39, 0.29) is 0 Å². The smallest absolute Gasteiger partial charge is 0.336 e. The normalized spacial score (nSPS) is 15.6. The van der Waals surface area contributed by atoms with Gasteiger partial charge in [-0.25, -0.2) is 4.79 Å². The number of hydrogen-bond acceptors (Lipinski definition) is 4. The van der Waals surface area contributed by atoms with Gasteiger partial charge in [-0.05, 0) is 44.6 Å². The average Bonchev–Trinajstić information content (AvgIpc) is 3.13. The summed E-state index contributed by atoms with van der Waals surface area (Å²) in [6.07, 6.45) is 7.67. The van der Waals surface area contributed by atoms with Crippen molar-refractivity contribution in [2.75, 3.05) is 20.1 Å². The summed E-state index contributed by atoms with van der Waals surface area (Å²) in [5.41, 5.74) is 4.21. The van der Waals surface area contributed by atoms with Gasteiger partial charge < -0.3 is 10.0 Å². The van der Waals surface area contributed by atoms with Gasteiger partial charge in [0.15, 0.2) is 0 Å². The monoisotopic (exact) mass is 376 g/mol. The number of carboxylic acid groups (broad SMARTS) is 1. The molecule has 2 aromatic heterocycles. The van der Waals surface area contributed by atoms with Crippen LogP contribution in [0.2, 0.25) is 0 Å². The Morgan fingerprint density at radius 1 is 1.11 bits per heavy atom. The Morgan fingerprint density at radius 3 is 2.57 bits per heavy atom. The highest BCUT2D eigenvalue weighted by molar-refractivity contribution is 5.89. The summed E-state index contributed by atoms with van der Waals surface area (Å²) in [6.45, 7) is 2.11. The number of rotatable bonds is 5. The maximum atomic E-state index is 11.6. The zero-order chi connectivity index (χ0) is 19.5. The van der Waals surface area contributed by atoms with Gasteiger partial charge in [0.1, 0.15) is 0 Å². The lowest BCUT2D eigenvalue weighted by atomic mass is 9.98. The maximum absolute atomic E-state index is 11.6. The van der Waals surface area contributed by atoms with Crippen molar-refractivity contribution in [1.29, 1.82) is 0 Å². The third kappa shape index (κ3) is 3.68. The number of benzene rings is 1. The summed E-state index contributed by atoms with van der Waals surface area (Å²) >= 11 is 0. The van der Waals surface area contributed by atoms with Gasteiger partial charge in [-0.3, -0.25) is 9.67 Å². The molecule has 28 heavy (non-hydrogen) atoms. The van der Waals surface area contributed by atoms with Gasteiger partial charge in [-0.2, -0.15) is 5.10 Å². The molecular formula is C22H24N4O2. The summed E-state index contributed by atoms with van der Waals surface area (Å²) in [6, 6.07) is 12.1. The molecule has 1 N–H and O–H groups in total. The van der Waals surface area contributed by atoms with E-state index in [0.717, 1.165) is 42.8 Å². The van der Waals surface area contributed by atoms with Crippen molar-refractivity contribution in [3.8, 4) is 11.3 Å². The Balaban J connectivity index is 1.75. The van der Waals surface area contributed by atoms with Crippen molar-refractivity contribution in [3.63, 3.8) is 0 Å². The lowest BCUT2D eigenvalue weighted by molar-refractivity contribution is 0.0695. The molecule has 1 aliphatic heterocycles. The van der Waals surface area contributed by atoms with E-state index in [1.165, 1.54) is 6.20 Å². The van der Waals surface area contributed by atoms with E-state index < -0.39 is 5.97 Å². The standard InChI is InChI=1S/C22H24N4O2/c1-25-11-8-19(9-12-25)26-21(16-5-3-2-4-6-16)18(15-24-26)13-17-14-23-10-7-20(17)22(27)28/h2-7,10,14-15,19H,8-9,11-13H2,1H3,(H,27,28). The van der Waals surface area contributed by atoms with Crippen molar-refractivity contribution in [2.24, 2.45) is 0 Å². The van der Waals surface area contributed by atoms with E-state index in [9.17, 15) is 9.90 Å². The highest BCUT2D eigenvalue weighted by atomic mass is 16.4. The maximum Gasteiger partial charge on any atom is 0.336 e. The molecule has 0 aliphatic carbocycles. The van der Waals surface area contributed by atoms with Gasteiger partial charge in [-0.1, -0.05) is 30.3 Å². The fourth-order valence-electron chi connectivity index (χ4n) is 3.94. The number of nitrogens with zero attached hydrogens (tertiary/aromatic N) is 4. The number of hydrogen-bond donors (Lipinski definition) is 1. The minimum absolute atomic E-state index is 0.293. The number of aromatic carboxylic acids is 1. The summed E-state index contributed by atoms with van der Waals surface area (Å²) in [7, 11) is 2.15. The van der Waals surface area contributed by atoms with Crippen LogP contribution in [-0.2, 0) is 6.42 Å². The Morgan fingerprint density at radius 2 is 1.86 bits per heavy atom. The number of piperidine rings is 1. The molecule has 1 aliphatic rings. The summed E-state index contributed by atoms with van der Waals surface area (Å²) in [5.74, 6) is -0.929. The number of aromatic nitrogens is 3. The predicted molar refractivity (Wildman–Crippen MR) is 107 cm³/mol. The Labute approximate surface area is 164 Å². The molecule has 3 aromatic rings. The van der Waals surface area contributed by atoms with Crippen molar-refractivity contribution < 1.29 is 9.90 Å². The van der Waals surface area contributed by atoms with Gasteiger partial charge in [0.05, 0.1) is 23.5 Å². The highest BCUT2D eigenvalue weighted by Crippen LogP contribution is 2.32. The first kappa shape index (κ1) is 18.4. The van der Waals surface area contributed by atoms with Gasteiger partial charge in [0, 0.05) is 29.9 Å². The number of carboxylic acids is 1. The van der Waals surface area contributed by atoms with Crippen LogP contribution in [0.1, 0.15) is 40.4 Å². The van der Waals surface area contributed by atoms with E-state index >= 15 is 0 Å². The van der Waals surface area contributed by atoms with Crippen LogP contribution in [0.15, 0.2) is 55.0 Å². The van der Waals surface area contributed by atoms with Gasteiger partial charge in [0.2, 0.25) is 0 Å². The molecule has 6 heteroatoms. The fraction of sp³-hybridized carbons (Fsp3) is 0.318. The van der Waals surface area contributed by atoms with Gasteiger partial charge >= 0.3 is 5.97 Å². The number of carbonyl (C=O) groups is 1. The van der Waals surface area contributed by atoms with E-state index in [1.807, 2.05) is 24.4 Å². The molecule has 0 amide bonds. The van der Waals surface area contributed by atoms with Crippen LogP contribution in [0.5, 0.6) is 0 Å². The molecule has 0 atom stereocenters. The SMILES string of the molecule is CN1CCC(n2ncc(Cc3cnccc3C(=O)O)c2-c2ccccc2)CC1. The molecule has 3 heterocycles. The second kappa shape index (κ2) is 7.94. The first-order chi connectivity index (χ1) is 13.6. The van der Waals surface area contributed by atoms with E-state index in [4.69, 9.17) is 5.10 Å². The minimum atomic E-state index is -0.929. The van der Waals surface area contributed by atoms with Crippen molar-refractivity contribution in [1.82, 2.24) is 19.7 Å². The van der Waals surface area contributed by atoms with E-state index in [2.05, 4.69) is 33.7 Å². The third-order valence-corrected chi connectivity index (χ3v) is 5.47. The molecule has 0 saturated carbocycles. The molecule has 4 rings (SSSR count). The lowest BCUT2D eigenvalue weighted by Gasteiger charge is -2.30. The summed E-state index contributed by atoms with van der Waals surface area (Å²) in [5, 5.41) is 14.3. The second-order valence-electron chi connectivity index (χ2n) is 7.38. The zero-order valence-corrected chi connectivity index (χ0v) is 16.0. The number of likely N-dealkylation sites (tertiary alicyclic amines) is 1. The molecule has 0 spiro atoms. The molecule has 1 aromatic carbocycles. The van der Waals surface area contributed by atoms with Crippen LogP contribution < -0.4 is 0 Å². The zero-order valence-electron chi connectivity index (χ0n) is 16.0. The Kier molecular flexibility index (Phi) is 5.21. The van der Waals surface area contributed by atoms with Crippen LogP contribution >= 0.6 is 0 Å². The summed E-state index contributed by atoms with van der Waals surface area (Å²) < 4.78 is 2.15. The lowest BCUT2D eigenvalue weighted by Crippen LogP contribution is -2.32. The van der Waals surface area contributed by atoms with Crippen LogP contribution in [0, 0.1) is 0 Å². The van der Waals surface area contributed by atoms with Crippen molar-refractivity contribution >= 4 is 5.97 Å². The van der Waals surface area contributed by atoms with Crippen LogP contribution in [-0.4, -0.2) is 50.9 Å². The first-order valence-electron chi connectivity index (χ1n) is 9.60. The largest absolute Gasteiger partial charge is 0.478 e. The molecule has 0 radical (unpaired) electrons. The van der Waals surface area contributed by atoms with Crippen LogP contribution in [0.3, 0.4) is 0 Å². The predicted octanol–water partition coefficient (Wildman–Crippen LogP) is 3.50. The fourth-order valence-corrected chi connectivity index (χ4v) is 3.94. The highest BCUT2D eigenvalue weighted by Gasteiger charge is 2.24.